The van der Waals surface area contributed by atoms with Crippen molar-refractivity contribution in [3.05, 3.63) is 24.3 Å². The van der Waals surface area contributed by atoms with Gasteiger partial charge in [-0.3, -0.25) is 9.52 Å². The molecule has 0 spiro atoms. The Morgan fingerprint density at radius 2 is 2.09 bits per heavy atom. The van der Waals surface area contributed by atoms with Gasteiger partial charge in [0.1, 0.15) is 11.5 Å². The number of fused-ring (bicyclic) bond motifs is 2. The van der Waals surface area contributed by atoms with Crippen molar-refractivity contribution < 1.29 is 17.9 Å². The van der Waals surface area contributed by atoms with E-state index < -0.39 is 15.4 Å². The lowest BCUT2D eigenvalue weighted by Crippen LogP contribution is -2.43. The van der Waals surface area contributed by atoms with Crippen molar-refractivity contribution in [2.45, 2.75) is 33.1 Å². The number of hydrogen-bond donors (Lipinski definition) is 1. The van der Waals surface area contributed by atoms with E-state index in [2.05, 4.69) is 4.72 Å². The summed E-state index contributed by atoms with van der Waals surface area (Å²) < 4.78 is 33.0. The average Bonchev–Trinajstić information content (AvgIpc) is 2.80. The van der Waals surface area contributed by atoms with E-state index in [0.717, 1.165) is 6.42 Å². The van der Waals surface area contributed by atoms with Gasteiger partial charge in [0, 0.05) is 12.5 Å². The molecule has 0 aliphatic heterocycles. The van der Waals surface area contributed by atoms with Crippen LogP contribution in [0.4, 0.5) is 5.69 Å². The number of ketones is 1. The quantitative estimate of drug-likeness (QED) is 0.897. The second-order valence-electron chi connectivity index (χ2n) is 7.26. The third-order valence-electron chi connectivity index (χ3n) is 5.92. The first kappa shape index (κ1) is 16.3. The zero-order chi connectivity index (χ0) is 16.9. The number of carbonyl (C=O) groups excluding carboxylic acids is 1. The minimum absolute atomic E-state index is 0.106. The van der Waals surface area contributed by atoms with E-state index in [-0.39, 0.29) is 17.0 Å². The summed E-state index contributed by atoms with van der Waals surface area (Å²) in [5.74, 6) is 0.859. The SMILES string of the molecule is COc1cccc(NS(=O)(=O)C[C@@]23CC[C@@H](CC2=O)C3(C)C)c1. The normalized spacial score (nSPS) is 28.8. The highest BCUT2D eigenvalue weighted by Crippen LogP contribution is 2.64. The van der Waals surface area contributed by atoms with Gasteiger partial charge in [0.2, 0.25) is 10.0 Å². The zero-order valence-electron chi connectivity index (χ0n) is 13.8. The molecule has 2 aliphatic rings. The number of carbonyl (C=O) groups is 1. The molecular formula is C17H23NO4S. The molecule has 0 amide bonds. The Balaban J connectivity index is 1.85. The van der Waals surface area contributed by atoms with Crippen molar-refractivity contribution >= 4 is 21.5 Å². The molecule has 2 atom stereocenters. The van der Waals surface area contributed by atoms with Crippen molar-refractivity contribution in [3.63, 3.8) is 0 Å². The Kier molecular flexibility index (Phi) is 3.71. The summed E-state index contributed by atoms with van der Waals surface area (Å²) in [6.07, 6.45) is 2.12. The molecule has 2 fully saturated rings. The Hall–Kier alpha value is -1.56. The summed E-state index contributed by atoms with van der Waals surface area (Å²) in [7, 11) is -2.08. The van der Waals surface area contributed by atoms with Crippen molar-refractivity contribution in [1.82, 2.24) is 0 Å². The van der Waals surface area contributed by atoms with Crippen LogP contribution in [-0.2, 0) is 14.8 Å². The number of benzene rings is 1. The van der Waals surface area contributed by atoms with E-state index in [1.165, 1.54) is 7.11 Å². The van der Waals surface area contributed by atoms with Gasteiger partial charge in [0.25, 0.3) is 0 Å². The summed E-state index contributed by atoms with van der Waals surface area (Å²) in [4.78, 5) is 12.5. The van der Waals surface area contributed by atoms with Crippen LogP contribution in [-0.4, -0.2) is 27.1 Å². The van der Waals surface area contributed by atoms with Crippen molar-refractivity contribution in [2.24, 2.45) is 16.7 Å². The van der Waals surface area contributed by atoms with Gasteiger partial charge in [-0.05, 0) is 36.3 Å². The fraction of sp³-hybridized carbons (Fsp3) is 0.588. The smallest absolute Gasteiger partial charge is 0.233 e. The van der Waals surface area contributed by atoms with Crippen LogP contribution in [0.1, 0.15) is 33.1 Å². The van der Waals surface area contributed by atoms with Crippen molar-refractivity contribution in [2.75, 3.05) is 17.6 Å². The number of hydrogen-bond acceptors (Lipinski definition) is 4. The standard InChI is InChI=1S/C17H23NO4S/c1-16(2)12-7-8-17(16,15(19)9-12)11-23(20,21)18-13-5-4-6-14(10-13)22-3/h4-6,10,12,18H,7-9,11H2,1-3H3/t12-,17-/m0/s1. The fourth-order valence-corrected chi connectivity index (χ4v) is 6.22. The van der Waals surface area contributed by atoms with Crippen LogP contribution in [0.5, 0.6) is 5.75 Å². The predicted molar refractivity (Wildman–Crippen MR) is 89.0 cm³/mol. The molecule has 0 unspecified atom stereocenters. The van der Waals surface area contributed by atoms with Crippen LogP contribution < -0.4 is 9.46 Å². The highest BCUT2D eigenvalue weighted by atomic mass is 32.2. The predicted octanol–water partition coefficient (Wildman–Crippen LogP) is 2.83. The first-order chi connectivity index (χ1) is 10.7. The lowest BCUT2D eigenvalue weighted by atomic mass is 9.70. The Labute approximate surface area is 137 Å². The summed E-state index contributed by atoms with van der Waals surface area (Å²) in [6, 6.07) is 6.79. The van der Waals surface area contributed by atoms with Gasteiger partial charge < -0.3 is 4.74 Å². The molecule has 1 aromatic carbocycles. The molecule has 1 aromatic rings. The highest BCUT2D eigenvalue weighted by molar-refractivity contribution is 7.92. The van der Waals surface area contributed by atoms with E-state index >= 15 is 0 Å². The Bertz CT molecular complexity index is 741. The lowest BCUT2D eigenvalue weighted by Gasteiger charge is -2.36. The molecule has 2 aliphatic carbocycles. The summed E-state index contributed by atoms with van der Waals surface area (Å²) in [5, 5.41) is 0. The van der Waals surface area contributed by atoms with Gasteiger partial charge in [-0.25, -0.2) is 8.42 Å². The molecular weight excluding hydrogens is 314 g/mol. The second-order valence-corrected chi connectivity index (χ2v) is 8.98. The molecule has 5 nitrogen and oxygen atoms in total. The molecule has 126 valence electrons. The van der Waals surface area contributed by atoms with E-state index in [4.69, 9.17) is 4.74 Å². The molecule has 0 radical (unpaired) electrons. The van der Waals surface area contributed by atoms with Crippen LogP contribution in [0.3, 0.4) is 0 Å². The van der Waals surface area contributed by atoms with Gasteiger partial charge in [0.05, 0.1) is 24.0 Å². The molecule has 2 bridgehead atoms. The maximum absolute atomic E-state index is 12.7. The first-order valence-corrected chi connectivity index (χ1v) is 9.53. The zero-order valence-corrected chi connectivity index (χ0v) is 14.6. The minimum atomic E-state index is -3.62. The van der Waals surface area contributed by atoms with Gasteiger partial charge in [0.15, 0.2) is 0 Å². The number of sulfonamides is 1. The van der Waals surface area contributed by atoms with Crippen molar-refractivity contribution in [3.8, 4) is 5.75 Å². The van der Waals surface area contributed by atoms with E-state index in [1.54, 1.807) is 24.3 Å². The molecule has 0 saturated heterocycles. The van der Waals surface area contributed by atoms with Gasteiger partial charge in [-0.1, -0.05) is 19.9 Å². The monoisotopic (exact) mass is 337 g/mol. The molecule has 0 aromatic heterocycles. The number of anilines is 1. The number of rotatable bonds is 5. The maximum atomic E-state index is 12.7. The largest absolute Gasteiger partial charge is 0.497 e. The van der Waals surface area contributed by atoms with E-state index in [0.29, 0.717) is 30.2 Å². The number of methoxy groups -OCH3 is 1. The van der Waals surface area contributed by atoms with Crippen LogP contribution >= 0.6 is 0 Å². The first-order valence-electron chi connectivity index (χ1n) is 7.88. The third-order valence-corrected chi connectivity index (χ3v) is 7.34. The van der Waals surface area contributed by atoms with Crippen LogP contribution in [0.15, 0.2) is 24.3 Å². The number of Topliss-reactive ketones (excluding diaryl/α,β-unsaturated/α-hetero) is 1. The fourth-order valence-electron chi connectivity index (χ4n) is 4.33. The minimum Gasteiger partial charge on any atom is -0.497 e. The van der Waals surface area contributed by atoms with Gasteiger partial charge in [-0.2, -0.15) is 0 Å². The summed E-state index contributed by atoms with van der Waals surface area (Å²) >= 11 is 0. The molecule has 3 rings (SSSR count). The molecule has 0 heterocycles. The van der Waals surface area contributed by atoms with Crippen LogP contribution in [0.2, 0.25) is 0 Å². The van der Waals surface area contributed by atoms with Crippen LogP contribution in [0, 0.1) is 16.7 Å². The molecule has 23 heavy (non-hydrogen) atoms. The highest BCUT2D eigenvalue weighted by Gasteiger charge is 2.65. The Morgan fingerprint density at radius 1 is 1.35 bits per heavy atom. The second kappa shape index (κ2) is 5.23. The third kappa shape index (κ3) is 2.53. The van der Waals surface area contributed by atoms with Gasteiger partial charge in [-0.15, -0.1) is 0 Å². The Morgan fingerprint density at radius 3 is 2.65 bits per heavy atom. The molecule has 2 saturated carbocycles. The average molecular weight is 337 g/mol. The number of ether oxygens (including phenoxy) is 1. The summed E-state index contributed by atoms with van der Waals surface area (Å²) in [5.41, 5.74) is -0.547. The van der Waals surface area contributed by atoms with Gasteiger partial charge >= 0.3 is 0 Å². The lowest BCUT2D eigenvalue weighted by molar-refractivity contribution is -0.128. The van der Waals surface area contributed by atoms with Crippen LogP contribution in [0.25, 0.3) is 0 Å². The molecule has 1 N–H and O–H groups in total. The molecule has 6 heteroatoms. The van der Waals surface area contributed by atoms with E-state index in [1.807, 2.05) is 13.8 Å². The van der Waals surface area contributed by atoms with Crippen molar-refractivity contribution in [1.29, 1.82) is 0 Å². The van der Waals surface area contributed by atoms with E-state index in [9.17, 15) is 13.2 Å². The summed E-state index contributed by atoms with van der Waals surface area (Å²) in [6.45, 7) is 4.08. The maximum Gasteiger partial charge on any atom is 0.233 e. The topological polar surface area (TPSA) is 72.5 Å². The number of nitrogens with one attached hydrogen (secondary N) is 1.